The summed E-state index contributed by atoms with van der Waals surface area (Å²) in [6.45, 7) is 3.97. The van der Waals surface area contributed by atoms with Crippen molar-refractivity contribution >= 4 is 16.9 Å². The minimum Gasteiger partial charge on any atom is -0.330 e. The highest BCUT2D eigenvalue weighted by molar-refractivity contribution is 7.10. The molecule has 0 fully saturated rings. The van der Waals surface area contributed by atoms with Crippen LogP contribution in [0.3, 0.4) is 0 Å². The molecule has 0 aliphatic rings. The lowest BCUT2D eigenvalue weighted by Gasteiger charge is -2.00. The first-order valence-corrected chi connectivity index (χ1v) is 4.74. The lowest BCUT2D eigenvalue weighted by molar-refractivity contribution is -0.140. The Hall–Kier alpha value is -0.880. The van der Waals surface area contributed by atoms with Crippen molar-refractivity contribution in [1.82, 2.24) is 4.98 Å². The number of hydrogen-bond donors (Lipinski definition) is 1. The van der Waals surface area contributed by atoms with Crippen LogP contribution in [0.15, 0.2) is 12.0 Å². The van der Waals surface area contributed by atoms with Gasteiger partial charge in [-0.2, -0.15) is 13.2 Å². The Bertz CT molecular complexity index is 330. The number of alkyl halides is 3. The fourth-order valence-corrected chi connectivity index (χ4v) is 1.68. The van der Waals surface area contributed by atoms with E-state index < -0.39 is 11.9 Å². The molecule has 6 heteroatoms. The van der Waals surface area contributed by atoms with Crippen molar-refractivity contribution in [1.29, 1.82) is 0 Å². The van der Waals surface area contributed by atoms with Gasteiger partial charge in [0.15, 0.2) is 5.69 Å². The van der Waals surface area contributed by atoms with Crippen LogP contribution in [0.25, 0.3) is 5.57 Å². The second-order valence-corrected chi connectivity index (χ2v) is 3.54. The molecule has 2 N–H and O–H groups in total. The number of nitrogens with two attached hydrogens (primary N) is 1. The molecule has 0 unspecified atom stereocenters. The smallest absolute Gasteiger partial charge is 0.330 e. The fraction of sp³-hybridized carbons (Fsp3) is 0.375. The molecule has 1 rings (SSSR count). The number of thiazole rings is 1. The minimum absolute atomic E-state index is 0.308. The SMILES string of the molecule is C=C(CCN)c1nc(C(F)(F)F)cs1. The molecular weight excluding hydrogens is 213 g/mol. The first-order chi connectivity index (χ1) is 6.45. The van der Waals surface area contributed by atoms with Crippen LogP contribution in [0.1, 0.15) is 17.1 Å². The Morgan fingerprint density at radius 3 is 2.64 bits per heavy atom. The summed E-state index contributed by atoms with van der Waals surface area (Å²) in [4.78, 5) is 3.44. The third-order valence-electron chi connectivity index (χ3n) is 1.54. The van der Waals surface area contributed by atoms with Crippen molar-refractivity contribution in [2.45, 2.75) is 12.6 Å². The average molecular weight is 222 g/mol. The lowest BCUT2D eigenvalue weighted by atomic mass is 10.2. The third kappa shape index (κ3) is 2.55. The highest BCUT2D eigenvalue weighted by atomic mass is 32.1. The minimum atomic E-state index is -4.38. The molecule has 0 atom stereocenters. The zero-order chi connectivity index (χ0) is 10.8. The summed E-state index contributed by atoms with van der Waals surface area (Å²) in [5.74, 6) is 0. The topological polar surface area (TPSA) is 38.9 Å². The lowest BCUT2D eigenvalue weighted by Crippen LogP contribution is -2.05. The van der Waals surface area contributed by atoms with E-state index >= 15 is 0 Å². The predicted octanol–water partition coefficient (Wildman–Crippen LogP) is 2.52. The Balaban J connectivity index is 2.83. The number of aromatic nitrogens is 1. The highest BCUT2D eigenvalue weighted by Crippen LogP contribution is 2.32. The van der Waals surface area contributed by atoms with Crippen LogP contribution in [0.2, 0.25) is 0 Å². The van der Waals surface area contributed by atoms with Gasteiger partial charge in [-0.25, -0.2) is 4.98 Å². The maximum Gasteiger partial charge on any atom is 0.434 e. The van der Waals surface area contributed by atoms with Crippen molar-refractivity contribution in [2.75, 3.05) is 6.54 Å². The first kappa shape index (κ1) is 11.2. The largest absolute Gasteiger partial charge is 0.434 e. The normalized spacial score (nSPS) is 11.7. The zero-order valence-corrected chi connectivity index (χ0v) is 8.08. The molecule has 1 aromatic heterocycles. The second kappa shape index (κ2) is 4.10. The van der Waals surface area contributed by atoms with E-state index in [9.17, 15) is 13.2 Å². The molecule has 14 heavy (non-hydrogen) atoms. The standard InChI is InChI=1S/C8H9F3N2S/c1-5(2-3-12)7-13-6(4-14-7)8(9,10)11/h4H,1-3,12H2. The van der Waals surface area contributed by atoms with Gasteiger partial charge in [-0.1, -0.05) is 6.58 Å². The number of hydrogen-bond acceptors (Lipinski definition) is 3. The summed E-state index contributed by atoms with van der Waals surface area (Å²) in [5.41, 5.74) is 4.94. The second-order valence-electron chi connectivity index (χ2n) is 2.68. The molecule has 78 valence electrons. The number of halogens is 3. The van der Waals surface area contributed by atoms with E-state index in [1.807, 2.05) is 0 Å². The maximum absolute atomic E-state index is 12.1. The molecule has 0 saturated heterocycles. The Labute approximate surface area is 83.3 Å². The van der Waals surface area contributed by atoms with Gasteiger partial charge in [0.05, 0.1) is 0 Å². The van der Waals surface area contributed by atoms with Crippen LogP contribution in [0.5, 0.6) is 0 Å². The molecule has 0 saturated carbocycles. The van der Waals surface area contributed by atoms with E-state index in [4.69, 9.17) is 5.73 Å². The monoisotopic (exact) mass is 222 g/mol. The maximum atomic E-state index is 12.1. The van der Waals surface area contributed by atoms with E-state index in [0.29, 0.717) is 23.5 Å². The van der Waals surface area contributed by atoms with Crippen LogP contribution in [-0.2, 0) is 6.18 Å². The third-order valence-corrected chi connectivity index (χ3v) is 2.49. The molecule has 0 bridgehead atoms. The molecule has 1 aromatic rings. The molecule has 0 aromatic carbocycles. The summed E-state index contributed by atoms with van der Waals surface area (Å²) in [5, 5.41) is 1.29. The molecular formula is C8H9F3N2S. The Morgan fingerprint density at radius 1 is 1.57 bits per heavy atom. The van der Waals surface area contributed by atoms with Crippen molar-refractivity contribution in [2.24, 2.45) is 5.73 Å². The van der Waals surface area contributed by atoms with Crippen molar-refractivity contribution in [3.63, 3.8) is 0 Å². The molecule has 0 aliphatic heterocycles. The number of nitrogens with zero attached hydrogens (tertiary/aromatic N) is 1. The van der Waals surface area contributed by atoms with E-state index in [0.717, 1.165) is 16.7 Å². The van der Waals surface area contributed by atoms with Gasteiger partial charge in [0, 0.05) is 5.38 Å². The number of rotatable bonds is 3. The molecule has 0 amide bonds. The quantitative estimate of drug-likeness (QED) is 0.853. The summed E-state index contributed by atoms with van der Waals surface area (Å²) >= 11 is 0.938. The summed E-state index contributed by atoms with van der Waals surface area (Å²) in [7, 11) is 0. The van der Waals surface area contributed by atoms with Gasteiger partial charge in [-0.05, 0) is 18.5 Å². The van der Waals surface area contributed by atoms with Gasteiger partial charge in [-0.3, -0.25) is 0 Å². The summed E-state index contributed by atoms with van der Waals surface area (Å²) < 4.78 is 36.4. The average Bonchev–Trinajstić information content (AvgIpc) is 2.51. The van der Waals surface area contributed by atoms with Crippen LogP contribution in [-0.4, -0.2) is 11.5 Å². The zero-order valence-electron chi connectivity index (χ0n) is 7.27. The molecule has 0 spiro atoms. The highest BCUT2D eigenvalue weighted by Gasteiger charge is 2.33. The van der Waals surface area contributed by atoms with E-state index in [1.54, 1.807) is 0 Å². The molecule has 0 radical (unpaired) electrons. The summed E-state index contributed by atoms with van der Waals surface area (Å²) in [6, 6.07) is 0. The van der Waals surface area contributed by atoms with E-state index in [-0.39, 0.29) is 0 Å². The molecule has 1 heterocycles. The van der Waals surface area contributed by atoms with Crippen LogP contribution in [0, 0.1) is 0 Å². The van der Waals surface area contributed by atoms with E-state index in [1.165, 1.54) is 0 Å². The van der Waals surface area contributed by atoms with Gasteiger partial charge in [-0.15, -0.1) is 11.3 Å². The molecule has 2 nitrogen and oxygen atoms in total. The Kier molecular flexibility index (Phi) is 3.28. The fourth-order valence-electron chi connectivity index (χ4n) is 0.847. The van der Waals surface area contributed by atoms with Crippen molar-refractivity contribution in [3.8, 4) is 0 Å². The molecule has 0 aliphatic carbocycles. The predicted molar refractivity (Wildman–Crippen MR) is 49.8 cm³/mol. The van der Waals surface area contributed by atoms with Gasteiger partial charge in [0.2, 0.25) is 0 Å². The van der Waals surface area contributed by atoms with Crippen LogP contribution in [0.4, 0.5) is 13.2 Å². The first-order valence-electron chi connectivity index (χ1n) is 3.86. The van der Waals surface area contributed by atoms with Gasteiger partial charge >= 0.3 is 6.18 Å². The summed E-state index contributed by atoms with van der Waals surface area (Å²) in [6.07, 6.45) is -3.91. The van der Waals surface area contributed by atoms with E-state index in [2.05, 4.69) is 11.6 Å². The van der Waals surface area contributed by atoms with Gasteiger partial charge < -0.3 is 5.73 Å². The van der Waals surface area contributed by atoms with Crippen LogP contribution >= 0.6 is 11.3 Å². The van der Waals surface area contributed by atoms with Crippen molar-refractivity contribution in [3.05, 3.63) is 22.7 Å². The van der Waals surface area contributed by atoms with Gasteiger partial charge in [0.25, 0.3) is 0 Å². The van der Waals surface area contributed by atoms with Gasteiger partial charge in [0.1, 0.15) is 5.01 Å². The Morgan fingerprint density at radius 2 is 2.21 bits per heavy atom. The van der Waals surface area contributed by atoms with Crippen molar-refractivity contribution < 1.29 is 13.2 Å². The van der Waals surface area contributed by atoms with Crippen LogP contribution < -0.4 is 5.73 Å².